The fourth-order valence-corrected chi connectivity index (χ4v) is 6.31. The van der Waals surface area contributed by atoms with Gasteiger partial charge in [-0.3, -0.25) is 9.78 Å². The average molecular weight is 480 g/mol. The molecule has 168 valence electrons. The molecule has 0 aliphatic carbocycles. The molecule has 1 aliphatic rings. The molecule has 0 spiro atoms. The lowest BCUT2D eigenvalue weighted by Gasteiger charge is -2.29. The number of hydrogen-bond acceptors (Lipinski definition) is 7. The Labute approximate surface area is 195 Å². The number of morpholine rings is 1. The van der Waals surface area contributed by atoms with Crippen molar-refractivity contribution in [3.8, 4) is 0 Å². The summed E-state index contributed by atoms with van der Waals surface area (Å²) in [6, 6.07) is 12.3. The number of nitrogens with zero attached hydrogens (tertiary/aromatic N) is 3. The number of pyridine rings is 1. The summed E-state index contributed by atoms with van der Waals surface area (Å²) in [5.41, 5.74) is 2.73. The molecule has 33 heavy (non-hydrogen) atoms. The number of carbonyl (C=O) groups excluding carboxylic acids is 1. The Kier molecular flexibility index (Phi) is 5.84. The minimum atomic E-state index is -3.76. The third-order valence-corrected chi connectivity index (χ3v) is 8.60. The molecule has 0 radical (unpaired) electrons. The van der Waals surface area contributed by atoms with Crippen LogP contribution in [0.15, 0.2) is 76.7 Å². The summed E-state index contributed by atoms with van der Waals surface area (Å²) >= 11 is 1.17. The van der Waals surface area contributed by atoms with Gasteiger partial charge in [0, 0.05) is 53.9 Å². The Balaban J connectivity index is 1.61. The second-order valence-electron chi connectivity index (χ2n) is 7.55. The number of anilines is 1. The molecule has 5 rings (SSSR count). The van der Waals surface area contributed by atoms with E-state index in [1.54, 1.807) is 54.3 Å². The Morgan fingerprint density at radius 2 is 1.88 bits per heavy atom. The monoisotopic (exact) mass is 479 g/mol. The van der Waals surface area contributed by atoms with Crippen molar-refractivity contribution < 1.29 is 17.9 Å². The number of allylic oxidation sites excluding steroid dienone is 1. The van der Waals surface area contributed by atoms with Crippen molar-refractivity contribution in [3.63, 3.8) is 0 Å². The zero-order chi connectivity index (χ0) is 22.8. The molecule has 1 fully saturated rings. The summed E-state index contributed by atoms with van der Waals surface area (Å²) in [7, 11) is -3.76. The van der Waals surface area contributed by atoms with Crippen molar-refractivity contribution in [2.45, 2.75) is 4.21 Å². The van der Waals surface area contributed by atoms with Gasteiger partial charge in [-0.1, -0.05) is 6.07 Å². The van der Waals surface area contributed by atoms with Gasteiger partial charge < -0.3 is 9.64 Å². The molecular formula is C24H21N3O4S2. The number of fused-ring (bicyclic) bond motifs is 1. The smallest absolute Gasteiger partial charge is 0.277 e. The van der Waals surface area contributed by atoms with Gasteiger partial charge in [-0.05, 0) is 53.9 Å². The number of thiophene rings is 1. The van der Waals surface area contributed by atoms with Crippen molar-refractivity contribution in [1.29, 1.82) is 0 Å². The minimum absolute atomic E-state index is 0.177. The Bertz CT molecular complexity index is 1420. The topological polar surface area (TPSA) is 81.5 Å². The highest BCUT2D eigenvalue weighted by molar-refractivity contribution is 7.92. The maximum atomic E-state index is 13.3. The van der Waals surface area contributed by atoms with E-state index in [2.05, 4.69) is 9.88 Å². The number of aromatic nitrogens is 2. The van der Waals surface area contributed by atoms with Gasteiger partial charge in [-0.15, -0.1) is 11.3 Å². The van der Waals surface area contributed by atoms with E-state index in [1.165, 1.54) is 21.4 Å². The molecule has 0 N–H and O–H groups in total. The van der Waals surface area contributed by atoms with Crippen LogP contribution in [-0.2, 0) is 14.8 Å². The van der Waals surface area contributed by atoms with E-state index in [9.17, 15) is 13.2 Å². The van der Waals surface area contributed by atoms with Crippen molar-refractivity contribution in [3.05, 3.63) is 83.6 Å². The van der Waals surface area contributed by atoms with E-state index in [0.717, 1.165) is 24.2 Å². The first-order chi connectivity index (χ1) is 16.0. The van der Waals surface area contributed by atoms with Crippen molar-refractivity contribution in [1.82, 2.24) is 8.96 Å². The van der Waals surface area contributed by atoms with Crippen LogP contribution in [-0.4, -0.2) is 49.5 Å². The molecular weight excluding hydrogens is 458 g/mol. The van der Waals surface area contributed by atoms with E-state index in [-0.39, 0.29) is 9.99 Å². The van der Waals surface area contributed by atoms with Gasteiger partial charge in [0.25, 0.3) is 10.0 Å². The Morgan fingerprint density at radius 3 is 2.61 bits per heavy atom. The van der Waals surface area contributed by atoms with Crippen LogP contribution in [0.25, 0.3) is 17.0 Å². The molecule has 0 bridgehead atoms. The number of benzene rings is 1. The lowest BCUT2D eigenvalue weighted by atomic mass is 10.1. The van der Waals surface area contributed by atoms with Crippen LogP contribution < -0.4 is 4.90 Å². The highest BCUT2D eigenvalue weighted by atomic mass is 32.2. The zero-order valence-electron chi connectivity index (χ0n) is 17.6. The first-order valence-corrected chi connectivity index (χ1v) is 12.8. The third-order valence-electron chi connectivity index (χ3n) is 5.55. The second kappa shape index (κ2) is 8.93. The van der Waals surface area contributed by atoms with E-state index < -0.39 is 10.0 Å². The number of rotatable bonds is 6. The first kappa shape index (κ1) is 21.6. The molecule has 4 aromatic rings. The van der Waals surface area contributed by atoms with Crippen LogP contribution in [0, 0.1) is 0 Å². The zero-order valence-corrected chi connectivity index (χ0v) is 19.3. The number of ether oxygens (including phenoxy) is 1. The number of hydrogen-bond donors (Lipinski definition) is 0. The van der Waals surface area contributed by atoms with Gasteiger partial charge in [0.2, 0.25) is 0 Å². The predicted molar refractivity (Wildman–Crippen MR) is 129 cm³/mol. The molecule has 9 heteroatoms. The quantitative estimate of drug-likeness (QED) is 0.306. The summed E-state index contributed by atoms with van der Waals surface area (Å²) in [5.74, 6) is -0.177. The standard InChI is InChI=1S/C24H21N3O4S2/c28-23(18-7-9-25-10-8-18)6-3-19-17-27(33(29,30)24-2-1-15-32-24)22-5-4-20(16-21(19)22)26-11-13-31-14-12-26/h1-10,15-17H,11-14H2/b6-3+. The molecule has 1 aliphatic heterocycles. The second-order valence-corrected chi connectivity index (χ2v) is 10.5. The van der Waals surface area contributed by atoms with Crippen molar-refractivity contribution in [2.75, 3.05) is 31.2 Å². The number of carbonyl (C=O) groups is 1. The Hall–Kier alpha value is -3.27. The van der Waals surface area contributed by atoms with E-state index in [1.807, 2.05) is 18.2 Å². The highest BCUT2D eigenvalue weighted by Gasteiger charge is 2.23. The van der Waals surface area contributed by atoms with Crippen LogP contribution in [0.5, 0.6) is 0 Å². The van der Waals surface area contributed by atoms with Gasteiger partial charge in [0.1, 0.15) is 4.21 Å². The normalized spacial score (nSPS) is 14.8. The largest absolute Gasteiger partial charge is 0.378 e. The first-order valence-electron chi connectivity index (χ1n) is 10.4. The van der Waals surface area contributed by atoms with Gasteiger partial charge in [0.05, 0.1) is 18.7 Å². The molecule has 7 nitrogen and oxygen atoms in total. The van der Waals surface area contributed by atoms with Crippen molar-refractivity contribution in [2.24, 2.45) is 0 Å². The minimum Gasteiger partial charge on any atom is -0.378 e. The lowest BCUT2D eigenvalue weighted by Crippen LogP contribution is -2.36. The molecule has 3 aromatic heterocycles. The van der Waals surface area contributed by atoms with E-state index in [0.29, 0.717) is 29.9 Å². The number of ketones is 1. The molecule has 0 atom stereocenters. The van der Waals surface area contributed by atoms with Gasteiger partial charge in [0.15, 0.2) is 5.78 Å². The fraction of sp³-hybridized carbons (Fsp3) is 0.167. The molecule has 0 saturated carbocycles. The third kappa shape index (κ3) is 4.22. The summed E-state index contributed by atoms with van der Waals surface area (Å²) in [4.78, 5) is 18.7. The SMILES string of the molecule is O=C(/C=C/c1cn(S(=O)(=O)c2cccs2)c2ccc(N3CCOCC3)cc12)c1ccncc1. The summed E-state index contributed by atoms with van der Waals surface area (Å²) in [6.07, 6.45) is 7.85. The predicted octanol–water partition coefficient (Wildman–Crippen LogP) is 4.07. The van der Waals surface area contributed by atoms with Gasteiger partial charge in [-0.25, -0.2) is 3.97 Å². The summed E-state index contributed by atoms with van der Waals surface area (Å²) < 4.78 is 33.6. The van der Waals surface area contributed by atoms with E-state index in [4.69, 9.17) is 4.74 Å². The van der Waals surface area contributed by atoms with Crippen LogP contribution in [0.1, 0.15) is 15.9 Å². The van der Waals surface area contributed by atoms with Crippen molar-refractivity contribution >= 4 is 49.8 Å². The fourth-order valence-electron chi connectivity index (χ4n) is 3.85. The van der Waals surface area contributed by atoms with Crippen LogP contribution in [0.2, 0.25) is 0 Å². The summed E-state index contributed by atoms with van der Waals surface area (Å²) in [5, 5.41) is 2.50. The maximum Gasteiger partial charge on any atom is 0.277 e. The van der Waals surface area contributed by atoms with Crippen LogP contribution in [0.3, 0.4) is 0 Å². The van der Waals surface area contributed by atoms with E-state index >= 15 is 0 Å². The van der Waals surface area contributed by atoms with Crippen LogP contribution >= 0.6 is 11.3 Å². The van der Waals surface area contributed by atoms with Gasteiger partial charge >= 0.3 is 0 Å². The highest BCUT2D eigenvalue weighted by Crippen LogP contribution is 2.32. The van der Waals surface area contributed by atoms with Crippen LogP contribution in [0.4, 0.5) is 5.69 Å². The molecule has 0 amide bonds. The van der Waals surface area contributed by atoms with Gasteiger partial charge in [-0.2, -0.15) is 8.42 Å². The maximum absolute atomic E-state index is 13.3. The molecule has 4 heterocycles. The summed E-state index contributed by atoms with van der Waals surface area (Å²) in [6.45, 7) is 2.84. The Morgan fingerprint density at radius 1 is 1.09 bits per heavy atom. The molecule has 1 aromatic carbocycles. The average Bonchev–Trinajstić information content (AvgIpc) is 3.53. The molecule has 0 unspecified atom stereocenters. The lowest BCUT2D eigenvalue weighted by molar-refractivity contribution is 0.104. The molecule has 1 saturated heterocycles.